The molecule has 1 aliphatic rings. The molecule has 166 valence electrons. The van der Waals surface area contributed by atoms with Crippen molar-refractivity contribution in [2.24, 2.45) is 0 Å². The number of halogens is 2. The highest BCUT2D eigenvalue weighted by Gasteiger charge is 2.41. The molecule has 0 bridgehead atoms. The molecule has 1 fully saturated rings. The number of hydrogen-bond donors (Lipinski definition) is 1. The summed E-state index contributed by atoms with van der Waals surface area (Å²) in [6, 6.07) is 17.2. The molecular weight excluding hydrogens is 451 g/mol. The minimum absolute atomic E-state index is 0.143. The normalized spacial score (nSPS) is 13.3. The van der Waals surface area contributed by atoms with Crippen LogP contribution in [-0.2, 0) is 4.79 Å². The topological polar surface area (TPSA) is 74.7 Å². The van der Waals surface area contributed by atoms with E-state index in [2.05, 4.69) is 22.0 Å². The number of anilines is 1. The first-order valence-electron chi connectivity index (χ1n) is 9.85. The largest absolute Gasteiger partial charge is 0.340 e. The van der Waals surface area contributed by atoms with Crippen molar-refractivity contribution in [2.45, 2.75) is 19.9 Å². The van der Waals surface area contributed by atoms with E-state index < -0.39 is 18.0 Å². The number of benzene rings is 2. The van der Waals surface area contributed by atoms with Gasteiger partial charge in [0.2, 0.25) is 0 Å². The van der Waals surface area contributed by atoms with Crippen LogP contribution in [0.15, 0.2) is 73.1 Å². The Labute approximate surface area is 196 Å². The number of para-hydroxylation sites is 1. The lowest BCUT2D eigenvalue weighted by Crippen LogP contribution is -2.45. The number of hydrogen-bond acceptors (Lipinski definition) is 3. The lowest BCUT2D eigenvalue weighted by molar-refractivity contribution is -0.116. The molecule has 1 aliphatic heterocycles. The van der Waals surface area contributed by atoms with Crippen molar-refractivity contribution in [1.29, 1.82) is 0 Å². The minimum atomic E-state index is -0.725. The van der Waals surface area contributed by atoms with Crippen molar-refractivity contribution < 1.29 is 14.4 Å². The van der Waals surface area contributed by atoms with Gasteiger partial charge in [-0.3, -0.25) is 4.79 Å². The van der Waals surface area contributed by atoms with Crippen LogP contribution < -0.4 is 10.2 Å². The van der Waals surface area contributed by atoms with Crippen molar-refractivity contribution in [3.05, 3.63) is 83.1 Å². The number of carbonyl (C=O) groups is 3. The van der Waals surface area contributed by atoms with Crippen LogP contribution in [0.25, 0.3) is 5.69 Å². The minimum Gasteiger partial charge on any atom is -0.335 e. The van der Waals surface area contributed by atoms with Gasteiger partial charge in [-0.15, -0.1) is 0 Å². The first-order chi connectivity index (χ1) is 15.3. The second kappa shape index (κ2) is 10.3. The molecule has 1 saturated heterocycles. The van der Waals surface area contributed by atoms with E-state index in [9.17, 15) is 14.4 Å². The molecule has 3 aromatic rings. The highest BCUT2D eigenvalue weighted by molar-refractivity contribution is 6.35. The second-order valence-corrected chi connectivity index (χ2v) is 8.13. The lowest BCUT2D eigenvalue weighted by Gasteiger charge is -2.18. The van der Waals surface area contributed by atoms with Crippen LogP contribution in [0.4, 0.5) is 15.3 Å². The molecule has 5 amide bonds. The third kappa shape index (κ3) is 5.69. The molecule has 0 atom stereocenters. The number of nitrogens with one attached hydrogen (secondary N) is 1. The summed E-state index contributed by atoms with van der Waals surface area (Å²) in [5.74, 6) is -0.516. The maximum absolute atomic E-state index is 12.2. The van der Waals surface area contributed by atoms with E-state index in [1.165, 1.54) is 23.9 Å². The molecular formula is C23H22Cl2N4O3. The van der Waals surface area contributed by atoms with Gasteiger partial charge in [-0.2, -0.15) is 0 Å². The van der Waals surface area contributed by atoms with Gasteiger partial charge in [0.05, 0.1) is 5.69 Å². The van der Waals surface area contributed by atoms with Gasteiger partial charge in [0.1, 0.15) is 6.54 Å². The van der Waals surface area contributed by atoms with Gasteiger partial charge < -0.3 is 9.88 Å². The third-order valence-corrected chi connectivity index (χ3v) is 4.82. The van der Waals surface area contributed by atoms with Crippen molar-refractivity contribution in [1.82, 2.24) is 14.8 Å². The molecule has 0 unspecified atom stereocenters. The summed E-state index contributed by atoms with van der Waals surface area (Å²) in [5.41, 5.74) is 1.44. The molecule has 2 heterocycles. The summed E-state index contributed by atoms with van der Waals surface area (Å²) in [6.07, 6.45) is 4.07. The maximum atomic E-state index is 12.2. The van der Waals surface area contributed by atoms with Gasteiger partial charge in [-0.05, 0) is 56.3 Å². The molecule has 4 rings (SSSR count). The van der Waals surface area contributed by atoms with Gasteiger partial charge in [-0.25, -0.2) is 19.4 Å². The number of urea groups is 2. The van der Waals surface area contributed by atoms with Gasteiger partial charge in [0, 0.05) is 34.2 Å². The Morgan fingerprint density at radius 3 is 2.06 bits per heavy atom. The van der Waals surface area contributed by atoms with Crippen LogP contribution >= 0.6 is 23.2 Å². The fraction of sp³-hybridized carbons (Fsp3) is 0.174. The Morgan fingerprint density at radius 1 is 0.906 bits per heavy atom. The van der Waals surface area contributed by atoms with Crippen LogP contribution in [0.1, 0.15) is 13.8 Å². The third-order valence-electron chi connectivity index (χ3n) is 4.39. The lowest BCUT2D eigenvalue weighted by atomic mass is 10.3. The Morgan fingerprint density at radius 2 is 1.50 bits per heavy atom. The molecule has 2 aromatic carbocycles. The Kier molecular flexibility index (Phi) is 7.56. The zero-order valence-electron chi connectivity index (χ0n) is 17.5. The zero-order chi connectivity index (χ0) is 23.3. The van der Waals surface area contributed by atoms with E-state index in [0.29, 0.717) is 10.0 Å². The number of nitrogens with zero attached hydrogens (tertiary/aromatic N) is 3. The number of imide groups is 2. The first kappa shape index (κ1) is 23.4. The Bertz CT molecular complexity index is 1080. The van der Waals surface area contributed by atoms with Crippen LogP contribution in [0.5, 0.6) is 0 Å². The van der Waals surface area contributed by atoms with Crippen LogP contribution in [0, 0.1) is 0 Å². The predicted octanol–water partition coefficient (Wildman–Crippen LogP) is 5.36. The van der Waals surface area contributed by atoms with Gasteiger partial charge in [0.15, 0.2) is 0 Å². The van der Waals surface area contributed by atoms with E-state index in [0.717, 1.165) is 9.80 Å². The molecule has 0 saturated carbocycles. The summed E-state index contributed by atoms with van der Waals surface area (Å²) in [4.78, 5) is 37.9. The quantitative estimate of drug-likeness (QED) is 0.521. The number of amides is 5. The number of aromatic nitrogens is 1. The fourth-order valence-electron chi connectivity index (χ4n) is 3.01. The Balaban J connectivity index is 0.000000219. The summed E-state index contributed by atoms with van der Waals surface area (Å²) in [5, 5.41) is 3.15. The van der Waals surface area contributed by atoms with Crippen LogP contribution in [0.2, 0.25) is 10.0 Å². The summed E-state index contributed by atoms with van der Waals surface area (Å²) < 4.78 is 2.08. The zero-order valence-corrected chi connectivity index (χ0v) is 19.0. The number of rotatable bonds is 3. The molecule has 9 heteroatoms. The van der Waals surface area contributed by atoms with E-state index in [-0.39, 0.29) is 18.3 Å². The van der Waals surface area contributed by atoms with Gasteiger partial charge in [-0.1, -0.05) is 41.4 Å². The van der Waals surface area contributed by atoms with Crippen molar-refractivity contribution in [3.63, 3.8) is 0 Å². The highest BCUT2D eigenvalue weighted by atomic mass is 35.5. The Hall–Kier alpha value is -3.29. The van der Waals surface area contributed by atoms with Crippen molar-refractivity contribution in [3.8, 4) is 5.69 Å². The van der Waals surface area contributed by atoms with Crippen molar-refractivity contribution in [2.75, 3.05) is 11.4 Å². The van der Waals surface area contributed by atoms with Gasteiger partial charge in [0.25, 0.3) is 5.91 Å². The molecule has 0 radical (unpaired) electrons. The van der Waals surface area contributed by atoms with E-state index in [1.807, 2.05) is 42.7 Å². The van der Waals surface area contributed by atoms with Crippen LogP contribution in [0.3, 0.4) is 0 Å². The maximum Gasteiger partial charge on any atom is 0.340 e. The van der Waals surface area contributed by atoms with Gasteiger partial charge >= 0.3 is 12.1 Å². The van der Waals surface area contributed by atoms with E-state index in [1.54, 1.807) is 13.8 Å². The second-order valence-electron chi connectivity index (χ2n) is 7.26. The standard InChI is InChI=1S/C13H13Cl2N3O3.C10H9N/c1-7(2)16-12(20)17-6-11(19)18(13(17)21)10-4-8(14)3-9(15)5-10;1-2-6-10(7-3-1)11-8-4-5-9-11/h3-5,7H,6H2,1-2H3,(H,16,20);1-9H. The first-order valence-corrected chi connectivity index (χ1v) is 10.6. The molecule has 7 nitrogen and oxygen atoms in total. The summed E-state index contributed by atoms with van der Waals surface area (Å²) in [6.45, 7) is 3.20. The van der Waals surface area contributed by atoms with Crippen molar-refractivity contribution >= 4 is 46.9 Å². The van der Waals surface area contributed by atoms with E-state index in [4.69, 9.17) is 23.2 Å². The molecule has 1 aromatic heterocycles. The SMILES string of the molecule is CC(C)NC(=O)N1CC(=O)N(c2cc(Cl)cc(Cl)c2)C1=O.c1ccc(-n2cccc2)cc1. The number of carbonyl (C=O) groups excluding carboxylic acids is 3. The monoisotopic (exact) mass is 472 g/mol. The predicted molar refractivity (Wildman–Crippen MR) is 125 cm³/mol. The summed E-state index contributed by atoms with van der Waals surface area (Å²) >= 11 is 11.7. The molecule has 0 spiro atoms. The smallest absolute Gasteiger partial charge is 0.335 e. The fourth-order valence-corrected chi connectivity index (χ4v) is 3.53. The van der Waals surface area contributed by atoms with E-state index >= 15 is 0 Å². The molecule has 0 aliphatic carbocycles. The highest BCUT2D eigenvalue weighted by Crippen LogP contribution is 2.28. The summed E-state index contributed by atoms with van der Waals surface area (Å²) in [7, 11) is 0. The average Bonchev–Trinajstić information content (AvgIpc) is 3.36. The molecule has 1 N–H and O–H groups in total. The average molecular weight is 473 g/mol. The van der Waals surface area contributed by atoms with Crippen LogP contribution in [-0.4, -0.2) is 40.0 Å². The molecule has 32 heavy (non-hydrogen) atoms.